The van der Waals surface area contributed by atoms with Crippen LogP contribution in [0.15, 0.2) is 42.5 Å². The summed E-state index contributed by atoms with van der Waals surface area (Å²) < 4.78 is 18.7. The highest BCUT2D eigenvalue weighted by molar-refractivity contribution is 5.97. The summed E-state index contributed by atoms with van der Waals surface area (Å²) in [5, 5.41) is 13.7. The SMILES string of the molecule is CNc1ccc(C(=O)NNC(=O)[C@H](C)Oc2ccccc2F)cc1[N+](=O)[O-]. The van der Waals surface area contributed by atoms with Crippen molar-refractivity contribution in [3.8, 4) is 5.75 Å². The Morgan fingerprint density at radius 2 is 1.89 bits per heavy atom. The third-order valence-corrected chi connectivity index (χ3v) is 3.53. The van der Waals surface area contributed by atoms with E-state index in [0.29, 0.717) is 0 Å². The number of hydrogen-bond acceptors (Lipinski definition) is 6. The van der Waals surface area contributed by atoms with Gasteiger partial charge >= 0.3 is 0 Å². The van der Waals surface area contributed by atoms with Crippen molar-refractivity contribution in [2.75, 3.05) is 12.4 Å². The summed E-state index contributed by atoms with van der Waals surface area (Å²) in [6.07, 6.45) is -1.09. The van der Waals surface area contributed by atoms with E-state index in [9.17, 15) is 24.1 Å². The van der Waals surface area contributed by atoms with Crippen LogP contribution in [0.5, 0.6) is 5.75 Å². The zero-order valence-corrected chi connectivity index (χ0v) is 14.5. The Hall–Kier alpha value is -3.69. The van der Waals surface area contributed by atoms with Gasteiger partial charge in [-0.3, -0.25) is 30.6 Å². The van der Waals surface area contributed by atoms with Gasteiger partial charge in [-0.15, -0.1) is 0 Å². The molecule has 2 aromatic rings. The van der Waals surface area contributed by atoms with E-state index < -0.39 is 28.7 Å². The van der Waals surface area contributed by atoms with Crippen LogP contribution < -0.4 is 20.9 Å². The fourth-order valence-corrected chi connectivity index (χ4v) is 2.11. The molecule has 0 aromatic heterocycles. The summed E-state index contributed by atoms with van der Waals surface area (Å²) in [5.74, 6) is -2.22. The number of para-hydroxylation sites is 1. The van der Waals surface area contributed by atoms with Gasteiger partial charge in [0, 0.05) is 18.7 Å². The van der Waals surface area contributed by atoms with Gasteiger partial charge in [-0.25, -0.2) is 4.39 Å². The number of hydrogen-bond donors (Lipinski definition) is 3. The Labute approximate surface area is 153 Å². The van der Waals surface area contributed by atoms with Crippen LogP contribution in [0.3, 0.4) is 0 Å². The Morgan fingerprint density at radius 1 is 1.19 bits per heavy atom. The molecule has 0 saturated heterocycles. The molecule has 10 heteroatoms. The summed E-state index contributed by atoms with van der Waals surface area (Å²) in [5.41, 5.74) is 4.19. The van der Waals surface area contributed by atoms with Crippen LogP contribution in [0.25, 0.3) is 0 Å². The second kappa shape index (κ2) is 8.61. The van der Waals surface area contributed by atoms with E-state index in [1.807, 2.05) is 0 Å². The van der Waals surface area contributed by atoms with Gasteiger partial charge in [-0.05, 0) is 31.2 Å². The number of carbonyl (C=O) groups excluding carboxylic acids is 2. The fourth-order valence-electron chi connectivity index (χ4n) is 2.11. The lowest BCUT2D eigenvalue weighted by atomic mass is 10.1. The van der Waals surface area contributed by atoms with Crippen LogP contribution in [0, 0.1) is 15.9 Å². The molecular formula is C17H17FN4O5. The van der Waals surface area contributed by atoms with Crippen LogP contribution in [0.1, 0.15) is 17.3 Å². The molecule has 0 aliphatic rings. The molecule has 1 atom stereocenters. The molecule has 0 aliphatic heterocycles. The molecule has 142 valence electrons. The normalized spacial score (nSPS) is 11.2. The molecular weight excluding hydrogens is 359 g/mol. The first kappa shape index (κ1) is 19.6. The first-order valence-corrected chi connectivity index (χ1v) is 7.81. The lowest BCUT2D eigenvalue weighted by molar-refractivity contribution is -0.384. The first-order chi connectivity index (χ1) is 12.8. The predicted octanol–water partition coefficient (Wildman–Crippen LogP) is 2.00. The van der Waals surface area contributed by atoms with Crippen LogP contribution >= 0.6 is 0 Å². The highest BCUT2D eigenvalue weighted by Crippen LogP contribution is 2.24. The number of benzene rings is 2. The van der Waals surface area contributed by atoms with Gasteiger partial charge in [0.1, 0.15) is 5.69 Å². The molecule has 2 aromatic carbocycles. The second-order valence-corrected chi connectivity index (χ2v) is 5.37. The summed E-state index contributed by atoms with van der Waals surface area (Å²) in [6, 6.07) is 9.38. The maximum absolute atomic E-state index is 13.5. The number of amides is 2. The van der Waals surface area contributed by atoms with Gasteiger partial charge in [-0.2, -0.15) is 0 Å². The van der Waals surface area contributed by atoms with Crippen molar-refractivity contribution < 1.29 is 23.6 Å². The van der Waals surface area contributed by atoms with E-state index in [1.54, 1.807) is 6.07 Å². The number of anilines is 1. The number of ether oxygens (including phenoxy) is 1. The third-order valence-electron chi connectivity index (χ3n) is 3.53. The average Bonchev–Trinajstić information content (AvgIpc) is 2.66. The van der Waals surface area contributed by atoms with Gasteiger partial charge in [0.2, 0.25) is 0 Å². The number of hydrazine groups is 1. The first-order valence-electron chi connectivity index (χ1n) is 7.81. The molecule has 3 N–H and O–H groups in total. The lowest BCUT2D eigenvalue weighted by Gasteiger charge is -2.15. The summed E-state index contributed by atoms with van der Waals surface area (Å²) in [6.45, 7) is 1.38. The number of nitrogens with one attached hydrogen (secondary N) is 3. The van der Waals surface area contributed by atoms with E-state index in [4.69, 9.17) is 4.74 Å². The molecule has 2 amide bonds. The van der Waals surface area contributed by atoms with Crippen LogP contribution in [-0.2, 0) is 4.79 Å². The minimum absolute atomic E-state index is 0.0244. The number of nitro groups is 1. The monoisotopic (exact) mass is 376 g/mol. The standard InChI is InChI=1S/C17H17FN4O5/c1-10(27-15-6-4-3-5-12(15)18)16(23)20-21-17(24)11-7-8-13(19-2)14(9-11)22(25)26/h3-10,19H,1-2H3,(H,20,23)(H,21,24)/t10-/m0/s1. The molecule has 2 rings (SSSR count). The molecule has 27 heavy (non-hydrogen) atoms. The summed E-state index contributed by atoms with van der Waals surface area (Å²) in [4.78, 5) is 34.5. The number of carbonyl (C=O) groups is 2. The van der Waals surface area contributed by atoms with E-state index in [-0.39, 0.29) is 22.7 Å². The predicted molar refractivity (Wildman–Crippen MR) is 94.7 cm³/mol. The number of nitrogens with zero attached hydrogens (tertiary/aromatic N) is 1. The maximum atomic E-state index is 13.5. The molecule has 0 unspecified atom stereocenters. The Kier molecular flexibility index (Phi) is 6.26. The third kappa shape index (κ3) is 4.91. The molecule has 9 nitrogen and oxygen atoms in total. The van der Waals surface area contributed by atoms with Crippen LogP contribution in [-0.4, -0.2) is 29.9 Å². The Balaban J connectivity index is 1.98. The largest absolute Gasteiger partial charge is 0.478 e. The molecule has 0 aliphatic carbocycles. The smallest absolute Gasteiger partial charge is 0.293 e. The van der Waals surface area contributed by atoms with Crippen molar-refractivity contribution in [3.05, 3.63) is 64.0 Å². The van der Waals surface area contributed by atoms with E-state index >= 15 is 0 Å². The van der Waals surface area contributed by atoms with Gasteiger partial charge in [0.15, 0.2) is 17.7 Å². The highest BCUT2D eigenvalue weighted by Gasteiger charge is 2.19. The molecule has 0 heterocycles. The Morgan fingerprint density at radius 3 is 2.52 bits per heavy atom. The zero-order valence-electron chi connectivity index (χ0n) is 14.5. The average molecular weight is 376 g/mol. The molecule has 0 saturated carbocycles. The van der Waals surface area contributed by atoms with Gasteiger partial charge in [0.25, 0.3) is 17.5 Å². The van der Waals surface area contributed by atoms with Crippen molar-refractivity contribution in [1.29, 1.82) is 0 Å². The zero-order chi connectivity index (χ0) is 20.0. The topological polar surface area (TPSA) is 123 Å². The van der Waals surface area contributed by atoms with Crippen molar-refractivity contribution >= 4 is 23.2 Å². The van der Waals surface area contributed by atoms with Gasteiger partial charge < -0.3 is 10.1 Å². The minimum atomic E-state index is -1.09. The van der Waals surface area contributed by atoms with Gasteiger partial charge in [-0.1, -0.05) is 12.1 Å². The van der Waals surface area contributed by atoms with Crippen molar-refractivity contribution in [1.82, 2.24) is 10.9 Å². The minimum Gasteiger partial charge on any atom is -0.478 e. The van der Waals surface area contributed by atoms with Gasteiger partial charge in [0.05, 0.1) is 4.92 Å². The Bertz CT molecular complexity index is 874. The van der Waals surface area contributed by atoms with E-state index in [0.717, 1.165) is 6.07 Å². The highest BCUT2D eigenvalue weighted by atomic mass is 19.1. The van der Waals surface area contributed by atoms with E-state index in [1.165, 1.54) is 44.3 Å². The summed E-state index contributed by atoms with van der Waals surface area (Å²) >= 11 is 0. The number of rotatable bonds is 6. The quantitative estimate of drug-likeness (QED) is 0.523. The van der Waals surface area contributed by atoms with Crippen LogP contribution in [0.4, 0.5) is 15.8 Å². The summed E-state index contributed by atoms with van der Waals surface area (Å²) in [7, 11) is 1.51. The van der Waals surface area contributed by atoms with Crippen molar-refractivity contribution in [2.24, 2.45) is 0 Å². The molecule has 0 bridgehead atoms. The van der Waals surface area contributed by atoms with Crippen molar-refractivity contribution in [2.45, 2.75) is 13.0 Å². The molecule has 0 radical (unpaired) electrons. The van der Waals surface area contributed by atoms with E-state index in [2.05, 4.69) is 16.2 Å². The maximum Gasteiger partial charge on any atom is 0.293 e. The van der Waals surface area contributed by atoms with Crippen molar-refractivity contribution in [3.63, 3.8) is 0 Å². The van der Waals surface area contributed by atoms with Crippen LogP contribution in [0.2, 0.25) is 0 Å². The molecule has 0 fully saturated rings. The molecule has 0 spiro atoms. The lowest BCUT2D eigenvalue weighted by Crippen LogP contribution is -2.47. The number of halogens is 1. The fraction of sp³-hybridized carbons (Fsp3) is 0.176. The number of nitro benzene ring substituents is 1. The second-order valence-electron chi connectivity index (χ2n) is 5.37.